The number of carbonyl (C=O) groups excluding carboxylic acids is 2. The molecule has 0 fully saturated rings. The average molecular weight is 399 g/mol. The van der Waals surface area contributed by atoms with Gasteiger partial charge in [0.15, 0.2) is 9.84 Å². The number of hydrogen-bond donors (Lipinski definition) is 2. The van der Waals surface area contributed by atoms with E-state index in [0.717, 1.165) is 5.56 Å². The molecule has 2 rings (SSSR count). The molecule has 0 spiro atoms. The molecule has 2 aromatic rings. The molecule has 8 heteroatoms. The molecule has 2 aromatic carbocycles. The summed E-state index contributed by atoms with van der Waals surface area (Å²) < 4.78 is 25.2. The maximum absolute atomic E-state index is 12.6. The van der Waals surface area contributed by atoms with Crippen molar-refractivity contribution in [3.8, 4) is 6.07 Å². The fourth-order valence-electron chi connectivity index (χ4n) is 2.51. The molecular weight excluding hydrogens is 378 g/mol. The van der Waals surface area contributed by atoms with Crippen LogP contribution in [0.5, 0.6) is 0 Å². The number of hydrogen-bond acceptors (Lipinski definition) is 5. The summed E-state index contributed by atoms with van der Waals surface area (Å²) >= 11 is 0. The van der Waals surface area contributed by atoms with Crippen LogP contribution in [0.3, 0.4) is 0 Å². The average Bonchev–Trinajstić information content (AvgIpc) is 2.67. The zero-order chi connectivity index (χ0) is 20.6. The van der Waals surface area contributed by atoms with Crippen LogP contribution in [0.1, 0.15) is 21.5 Å². The Morgan fingerprint density at radius 3 is 2.32 bits per heavy atom. The number of sulfone groups is 1. The molecule has 0 saturated heterocycles. The molecule has 0 radical (unpaired) electrons. The van der Waals surface area contributed by atoms with E-state index in [0.29, 0.717) is 11.1 Å². The maximum Gasteiger partial charge on any atom is 0.251 e. The third-order valence-electron chi connectivity index (χ3n) is 3.93. The lowest BCUT2D eigenvalue weighted by atomic mass is 10.2. The van der Waals surface area contributed by atoms with E-state index in [-0.39, 0.29) is 12.3 Å². The minimum atomic E-state index is -3.70. The Kier molecular flexibility index (Phi) is 7.29. The second-order valence-corrected chi connectivity index (χ2v) is 8.42. The fraction of sp³-hybridized carbons (Fsp3) is 0.250. The number of aryl methyl sites for hydroxylation is 1. The van der Waals surface area contributed by atoms with E-state index < -0.39 is 33.4 Å². The van der Waals surface area contributed by atoms with Gasteiger partial charge >= 0.3 is 0 Å². The molecule has 0 saturated carbocycles. The SMILES string of the molecule is Cc1ccc(CS(=O)(=O)C[C@@H](NC(=O)c2ccccc2)C(=O)NCC#N)cc1. The summed E-state index contributed by atoms with van der Waals surface area (Å²) in [5, 5.41) is 13.4. The minimum Gasteiger partial charge on any atom is -0.341 e. The monoisotopic (exact) mass is 399 g/mol. The molecule has 1 atom stereocenters. The Hall–Kier alpha value is -3.18. The first kappa shape index (κ1) is 21.1. The molecule has 0 aliphatic carbocycles. The summed E-state index contributed by atoms with van der Waals surface area (Å²) in [4.78, 5) is 24.7. The van der Waals surface area contributed by atoms with Gasteiger partial charge in [0.25, 0.3) is 5.91 Å². The highest BCUT2D eigenvalue weighted by Crippen LogP contribution is 2.10. The number of amides is 2. The van der Waals surface area contributed by atoms with Crippen molar-refractivity contribution in [3.63, 3.8) is 0 Å². The maximum atomic E-state index is 12.6. The van der Waals surface area contributed by atoms with Gasteiger partial charge in [-0.2, -0.15) is 5.26 Å². The molecular formula is C20H21N3O4S. The van der Waals surface area contributed by atoms with Crippen molar-refractivity contribution < 1.29 is 18.0 Å². The van der Waals surface area contributed by atoms with Gasteiger partial charge in [-0.3, -0.25) is 9.59 Å². The topological polar surface area (TPSA) is 116 Å². The lowest BCUT2D eigenvalue weighted by Crippen LogP contribution is -2.50. The van der Waals surface area contributed by atoms with Crippen molar-refractivity contribution in [1.29, 1.82) is 5.26 Å². The third-order valence-corrected chi connectivity index (χ3v) is 5.54. The van der Waals surface area contributed by atoms with Gasteiger partial charge in [0.2, 0.25) is 5.91 Å². The number of carbonyl (C=O) groups is 2. The smallest absolute Gasteiger partial charge is 0.251 e. The highest BCUT2D eigenvalue weighted by molar-refractivity contribution is 7.90. The summed E-state index contributed by atoms with van der Waals surface area (Å²) in [5.41, 5.74) is 1.90. The van der Waals surface area contributed by atoms with E-state index in [9.17, 15) is 18.0 Å². The second-order valence-electron chi connectivity index (χ2n) is 6.31. The van der Waals surface area contributed by atoms with Crippen molar-refractivity contribution in [2.75, 3.05) is 12.3 Å². The largest absolute Gasteiger partial charge is 0.341 e. The second kappa shape index (κ2) is 9.67. The predicted octanol–water partition coefficient (Wildman–Crippen LogP) is 1.35. The van der Waals surface area contributed by atoms with Crippen LogP contribution in [0.25, 0.3) is 0 Å². The predicted molar refractivity (Wildman–Crippen MR) is 105 cm³/mol. The first-order chi connectivity index (χ1) is 13.3. The minimum absolute atomic E-state index is 0.253. The van der Waals surface area contributed by atoms with Crippen molar-refractivity contribution in [3.05, 3.63) is 71.3 Å². The van der Waals surface area contributed by atoms with Crippen LogP contribution in [0.15, 0.2) is 54.6 Å². The highest BCUT2D eigenvalue weighted by Gasteiger charge is 2.27. The van der Waals surface area contributed by atoms with Crippen molar-refractivity contribution in [2.45, 2.75) is 18.7 Å². The van der Waals surface area contributed by atoms with Crippen molar-refractivity contribution in [1.82, 2.24) is 10.6 Å². The van der Waals surface area contributed by atoms with Crippen molar-refractivity contribution in [2.24, 2.45) is 0 Å². The molecule has 2 amide bonds. The number of nitrogens with one attached hydrogen (secondary N) is 2. The van der Waals surface area contributed by atoms with Gasteiger partial charge in [-0.25, -0.2) is 8.42 Å². The Morgan fingerprint density at radius 1 is 1.07 bits per heavy atom. The normalized spacial score (nSPS) is 11.9. The summed E-state index contributed by atoms with van der Waals surface area (Å²) in [6.07, 6.45) is 0. The van der Waals surface area contributed by atoms with E-state index in [4.69, 9.17) is 5.26 Å². The van der Waals surface area contributed by atoms with Crippen LogP contribution in [-0.2, 0) is 20.4 Å². The molecule has 0 heterocycles. The molecule has 0 aliphatic rings. The quantitative estimate of drug-likeness (QED) is 0.650. The molecule has 28 heavy (non-hydrogen) atoms. The molecule has 2 N–H and O–H groups in total. The summed E-state index contributed by atoms with van der Waals surface area (Å²) in [5.74, 6) is -2.12. The van der Waals surface area contributed by atoms with E-state index in [1.165, 1.54) is 0 Å². The first-order valence-corrected chi connectivity index (χ1v) is 10.4. The molecule has 0 bridgehead atoms. The fourth-order valence-corrected chi connectivity index (χ4v) is 4.08. The molecule has 0 aromatic heterocycles. The summed E-state index contributed by atoms with van der Waals surface area (Å²) in [6, 6.07) is 15.6. The third kappa shape index (κ3) is 6.52. The Balaban J connectivity index is 2.15. The van der Waals surface area contributed by atoms with Crippen LogP contribution in [0, 0.1) is 18.3 Å². The molecule has 0 aliphatic heterocycles. The number of nitriles is 1. The molecule has 0 unspecified atom stereocenters. The lowest BCUT2D eigenvalue weighted by Gasteiger charge is -2.18. The zero-order valence-corrected chi connectivity index (χ0v) is 16.2. The van der Waals surface area contributed by atoms with Gasteiger partial charge in [-0.15, -0.1) is 0 Å². The van der Waals surface area contributed by atoms with E-state index in [1.54, 1.807) is 60.7 Å². The van der Waals surface area contributed by atoms with Gasteiger partial charge in [-0.1, -0.05) is 48.0 Å². The number of rotatable bonds is 8. The van der Waals surface area contributed by atoms with E-state index in [1.807, 2.05) is 6.92 Å². The Morgan fingerprint density at radius 2 is 1.71 bits per heavy atom. The Labute approximate surface area is 164 Å². The molecule has 7 nitrogen and oxygen atoms in total. The van der Waals surface area contributed by atoms with Gasteiger partial charge in [0.05, 0.1) is 17.6 Å². The van der Waals surface area contributed by atoms with Crippen LogP contribution in [0.2, 0.25) is 0 Å². The first-order valence-electron chi connectivity index (χ1n) is 8.57. The van der Waals surface area contributed by atoms with Gasteiger partial charge in [0, 0.05) is 5.56 Å². The van der Waals surface area contributed by atoms with Crippen LogP contribution in [-0.4, -0.2) is 38.6 Å². The number of nitrogens with zero attached hydrogens (tertiary/aromatic N) is 1. The standard InChI is InChI=1S/C20H21N3O4S/c1-15-7-9-16(10-8-15)13-28(26,27)14-18(20(25)22-12-11-21)23-19(24)17-5-3-2-4-6-17/h2-10,18H,12-14H2,1H3,(H,22,25)(H,23,24)/t18-/m1/s1. The lowest BCUT2D eigenvalue weighted by molar-refractivity contribution is -0.122. The highest BCUT2D eigenvalue weighted by atomic mass is 32.2. The van der Waals surface area contributed by atoms with Crippen molar-refractivity contribution >= 4 is 21.7 Å². The van der Waals surface area contributed by atoms with Gasteiger partial charge < -0.3 is 10.6 Å². The van der Waals surface area contributed by atoms with Crippen LogP contribution < -0.4 is 10.6 Å². The molecule has 146 valence electrons. The Bertz CT molecular complexity index is 965. The summed E-state index contributed by atoms with van der Waals surface area (Å²) in [7, 11) is -3.70. The van der Waals surface area contributed by atoms with Crippen LogP contribution in [0.4, 0.5) is 0 Å². The van der Waals surface area contributed by atoms with Crippen LogP contribution >= 0.6 is 0 Å². The van der Waals surface area contributed by atoms with E-state index in [2.05, 4.69) is 10.6 Å². The van der Waals surface area contributed by atoms with Gasteiger partial charge in [-0.05, 0) is 24.6 Å². The zero-order valence-electron chi connectivity index (χ0n) is 15.4. The van der Waals surface area contributed by atoms with E-state index >= 15 is 0 Å². The van der Waals surface area contributed by atoms with Gasteiger partial charge in [0.1, 0.15) is 12.6 Å². The number of benzene rings is 2. The summed E-state index contributed by atoms with van der Waals surface area (Å²) in [6.45, 7) is 1.61.